The van der Waals surface area contributed by atoms with Crippen LogP contribution in [-0.4, -0.2) is 31.3 Å². The van der Waals surface area contributed by atoms with E-state index in [1.165, 1.54) is 0 Å². The normalized spacial score (nSPS) is 11.9. The molecule has 18 heavy (non-hydrogen) atoms. The van der Waals surface area contributed by atoms with Crippen LogP contribution in [0.5, 0.6) is 5.75 Å². The molecule has 0 spiro atoms. The molecule has 0 aliphatic carbocycles. The lowest BCUT2D eigenvalue weighted by Gasteiger charge is -2.15. The van der Waals surface area contributed by atoms with Gasteiger partial charge in [-0.05, 0) is 26.0 Å². The summed E-state index contributed by atoms with van der Waals surface area (Å²) in [4.78, 5) is 10.7. The van der Waals surface area contributed by atoms with Crippen molar-refractivity contribution in [3.8, 4) is 5.75 Å². The van der Waals surface area contributed by atoms with Crippen molar-refractivity contribution in [3.63, 3.8) is 0 Å². The number of nitro groups is 1. The van der Waals surface area contributed by atoms with Crippen molar-refractivity contribution in [2.24, 2.45) is 0 Å². The minimum atomic E-state index is -0.438. The third-order valence-corrected chi connectivity index (χ3v) is 2.30. The van der Waals surface area contributed by atoms with Gasteiger partial charge in [-0.3, -0.25) is 10.1 Å². The first-order valence-corrected chi connectivity index (χ1v) is 5.75. The summed E-state index contributed by atoms with van der Waals surface area (Å²) in [6.07, 6.45) is 0. The number of para-hydroxylation sites is 1. The number of anilines is 1. The average molecular weight is 254 g/mol. The minimum Gasteiger partial charge on any atom is -0.487 e. The van der Waals surface area contributed by atoms with Gasteiger partial charge < -0.3 is 14.8 Å². The van der Waals surface area contributed by atoms with Gasteiger partial charge in [0, 0.05) is 13.2 Å². The van der Waals surface area contributed by atoms with Gasteiger partial charge in [0.2, 0.25) is 0 Å². The molecule has 1 rings (SSSR count). The molecular weight excluding hydrogens is 236 g/mol. The van der Waals surface area contributed by atoms with E-state index in [2.05, 4.69) is 5.32 Å². The standard InChI is InChI=1S/C12H18N2O4/c1-4-18-11-7-5-6-10(12(11)14(15)16)13-9(2)8-17-3/h5-7,9,13H,4,8H2,1-3H3. The fraction of sp³-hybridized carbons (Fsp3) is 0.500. The molecule has 6 nitrogen and oxygen atoms in total. The zero-order valence-corrected chi connectivity index (χ0v) is 10.8. The molecule has 0 fully saturated rings. The maximum atomic E-state index is 11.1. The van der Waals surface area contributed by atoms with Gasteiger partial charge >= 0.3 is 5.69 Å². The van der Waals surface area contributed by atoms with Crippen LogP contribution in [0.2, 0.25) is 0 Å². The van der Waals surface area contributed by atoms with Gasteiger partial charge in [0.15, 0.2) is 5.75 Å². The van der Waals surface area contributed by atoms with Crippen molar-refractivity contribution >= 4 is 11.4 Å². The molecule has 0 saturated heterocycles. The Kier molecular flexibility index (Phi) is 5.38. The summed E-state index contributed by atoms with van der Waals surface area (Å²) in [7, 11) is 1.59. The Morgan fingerprint density at radius 3 is 2.78 bits per heavy atom. The lowest BCUT2D eigenvalue weighted by molar-refractivity contribution is -0.385. The molecular formula is C12H18N2O4. The van der Waals surface area contributed by atoms with Crippen LogP contribution in [-0.2, 0) is 4.74 Å². The van der Waals surface area contributed by atoms with Crippen LogP contribution >= 0.6 is 0 Å². The van der Waals surface area contributed by atoms with Crippen molar-refractivity contribution in [1.29, 1.82) is 0 Å². The van der Waals surface area contributed by atoms with Gasteiger partial charge in [0.1, 0.15) is 5.69 Å². The molecule has 1 atom stereocenters. The lowest BCUT2D eigenvalue weighted by Crippen LogP contribution is -2.21. The molecule has 1 aromatic carbocycles. The third-order valence-electron chi connectivity index (χ3n) is 2.30. The van der Waals surface area contributed by atoms with Crippen LogP contribution in [0, 0.1) is 10.1 Å². The summed E-state index contributed by atoms with van der Waals surface area (Å²) in [5.41, 5.74) is 0.401. The highest BCUT2D eigenvalue weighted by Crippen LogP contribution is 2.35. The second-order valence-electron chi connectivity index (χ2n) is 3.84. The number of ether oxygens (including phenoxy) is 2. The number of benzene rings is 1. The second-order valence-corrected chi connectivity index (χ2v) is 3.84. The van der Waals surface area contributed by atoms with Crippen molar-refractivity contribution in [1.82, 2.24) is 0 Å². The SMILES string of the molecule is CCOc1cccc(NC(C)COC)c1[N+](=O)[O-]. The van der Waals surface area contributed by atoms with E-state index >= 15 is 0 Å². The Morgan fingerprint density at radius 2 is 2.22 bits per heavy atom. The number of nitrogens with zero attached hydrogens (tertiary/aromatic N) is 1. The monoisotopic (exact) mass is 254 g/mol. The van der Waals surface area contributed by atoms with Crippen molar-refractivity contribution in [3.05, 3.63) is 28.3 Å². The first-order valence-electron chi connectivity index (χ1n) is 5.75. The predicted molar refractivity (Wildman–Crippen MR) is 69.2 cm³/mol. The fourth-order valence-corrected chi connectivity index (χ4v) is 1.66. The molecule has 1 unspecified atom stereocenters. The molecule has 0 aromatic heterocycles. The van der Waals surface area contributed by atoms with Crippen LogP contribution in [0.1, 0.15) is 13.8 Å². The number of rotatable bonds is 7. The Hall–Kier alpha value is -1.82. The molecule has 0 aliphatic rings. The van der Waals surface area contributed by atoms with Gasteiger partial charge in [0.25, 0.3) is 0 Å². The van der Waals surface area contributed by atoms with E-state index in [9.17, 15) is 10.1 Å². The first kappa shape index (κ1) is 14.2. The highest BCUT2D eigenvalue weighted by molar-refractivity contribution is 5.68. The molecule has 100 valence electrons. The highest BCUT2D eigenvalue weighted by Gasteiger charge is 2.21. The maximum Gasteiger partial charge on any atom is 0.333 e. The zero-order valence-electron chi connectivity index (χ0n) is 10.8. The van der Waals surface area contributed by atoms with Gasteiger partial charge in [-0.25, -0.2) is 0 Å². The highest BCUT2D eigenvalue weighted by atomic mass is 16.6. The maximum absolute atomic E-state index is 11.1. The molecule has 0 heterocycles. The number of nitrogens with one attached hydrogen (secondary N) is 1. The minimum absolute atomic E-state index is 0.0226. The van der Waals surface area contributed by atoms with Crippen molar-refractivity contribution in [2.45, 2.75) is 19.9 Å². The number of hydrogen-bond acceptors (Lipinski definition) is 5. The molecule has 1 N–H and O–H groups in total. The summed E-state index contributed by atoms with van der Waals surface area (Å²) in [6.45, 7) is 4.53. The molecule has 6 heteroatoms. The largest absolute Gasteiger partial charge is 0.487 e. The van der Waals surface area contributed by atoms with Gasteiger partial charge in [-0.2, -0.15) is 0 Å². The lowest BCUT2D eigenvalue weighted by atomic mass is 10.2. The predicted octanol–water partition coefficient (Wildman–Crippen LogP) is 2.44. The number of methoxy groups -OCH3 is 1. The zero-order chi connectivity index (χ0) is 13.5. The quantitative estimate of drug-likeness (QED) is 0.597. The summed E-state index contributed by atoms with van der Waals surface area (Å²) < 4.78 is 10.3. The van der Waals surface area contributed by atoms with Crippen molar-refractivity contribution in [2.75, 3.05) is 25.6 Å². The molecule has 0 saturated carbocycles. The molecule has 0 amide bonds. The van der Waals surface area contributed by atoms with E-state index in [4.69, 9.17) is 9.47 Å². The van der Waals surface area contributed by atoms with Crippen LogP contribution < -0.4 is 10.1 Å². The first-order chi connectivity index (χ1) is 8.60. The Bertz CT molecular complexity index is 409. The number of nitro benzene ring substituents is 1. The van der Waals surface area contributed by atoms with Crippen LogP contribution in [0.15, 0.2) is 18.2 Å². The van der Waals surface area contributed by atoms with E-state index in [-0.39, 0.29) is 17.5 Å². The fourth-order valence-electron chi connectivity index (χ4n) is 1.66. The van der Waals surface area contributed by atoms with E-state index in [0.717, 1.165) is 0 Å². The number of hydrogen-bond donors (Lipinski definition) is 1. The average Bonchev–Trinajstić information content (AvgIpc) is 2.29. The summed E-state index contributed by atoms with van der Waals surface area (Å²) in [6, 6.07) is 4.95. The Morgan fingerprint density at radius 1 is 1.50 bits per heavy atom. The van der Waals surface area contributed by atoms with Gasteiger partial charge in [-0.15, -0.1) is 0 Å². The van der Waals surface area contributed by atoms with Gasteiger partial charge in [-0.1, -0.05) is 6.07 Å². The van der Waals surface area contributed by atoms with E-state index < -0.39 is 4.92 Å². The summed E-state index contributed by atoms with van der Waals surface area (Å²) >= 11 is 0. The summed E-state index contributed by atoms with van der Waals surface area (Å²) in [5.74, 6) is 0.275. The van der Waals surface area contributed by atoms with Crippen LogP contribution in [0.25, 0.3) is 0 Å². The third kappa shape index (κ3) is 3.59. The molecule has 0 aliphatic heterocycles. The smallest absolute Gasteiger partial charge is 0.333 e. The summed E-state index contributed by atoms with van der Waals surface area (Å²) in [5, 5.41) is 14.2. The topological polar surface area (TPSA) is 73.6 Å². The molecule has 0 radical (unpaired) electrons. The van der Waals surface area contributed by atoms with E-state index in [0.29, 0.717) is 18.9 Å². The van der Waals surface area contributed by atoms with Gasteiger partial charge in [0.05, 0.1) is 18.1 Å². The van der Waals surface area contributed by atoms with Crippen molar-refractivity contribution < 1.29 is 14.4 Å². The Labute approximate surface area is 106 Å². The second kappa shape index (κ2) is 6.80. The van der Waals surface area contributed by atoms with Crippen LogP contribution in [0.4, 0.5) is 11.4 Å². The van der Waals surface area contributed by atoms with Crippen LogP contribution in [0.3, 0.4) is 0 Å². The molecule has 0 bridgehead atoms. The van der Waals surface area contributed by atoms with E-state index in [1.54, 1.807) is 32.2 Å². The van der Waals surface area contributed by atoms with E-state index in [1.807, 2.05) is 6.92 Å². The molecule has 1 aromatic rings. The Balaban J connectivity index is 3.02.